The molecule has 6 heteroatoms. The molecule has 0 aromatic heterocycles. The maximum Gasteiger partial charge on any atom is 0.410 e. The standard InChI is InChI=1S/C18H23Cl2NO3/c1-16(2,3)24-15(23)21-7-6-18(9-17(18,10-21)11-22)12-4-5-13(19)14(20)8-12/h4-5,8,22H,6-7,9-11H2,1-3H3/t17-,18-/m1/s1. The van der Waals surface area contributed by atoms with Crippen LogP contribution in [0.2, 0.25) is 10.0 Å². The predicted molar refractivity (Wildman–Crippen MR) is 94.7 cm³/mol. The van der Waals surface area contributed by atoms with E-state index in [0.717, 1.165) is 18.4 Å². The highest BCUT2D eigenvalue weighted by Gasteiger charge is 2.70. The number of carbonyl (C=O) groups is 1. The first kappa shape index (κ1) is 17.8. The maximum atomic E-state index is 12.4. The van der Waals surface area contributed by atoms with E-state index in [9.17, 15) is 9.90 Å². The van der Waals surface area contributed by atoms with E-state index in [4.69, 9.17) is 27.9 Å². The number of ether oxygens (including phenoxy) is 1. The molecule has 2 atom stereocenters. The molecule has 1 amide bonds. The van der Waals surface area contributed by atoms with Crippen LogP contribution in [-0.2, 0) is 10.2 Å². The number of piperidine rings is 1. The zero-order valence-electron chi connectivity index (χ0n) is 14.2. The number of aliphatic hydroxyl groups excluding tert-OH is 1. The Morgan fingerprint density at radius 3 is 2.62 bits per heavy atom. The van der Waals surface area contributed by atoms with Gasteiger partial charge in [-0.1, -0.05) is 29.3 Å². The fourth-order valence-corrected chi connectivity index (χ4v) is 4.25. The number of likely N-dealkylation sites (tertiary alicyclic amines) is 1. The molecular weight excluding hydrogens is 349 g/mol. The van der Waals surface area contributed by atoms with Crippen molar-refractivity contribution in [2.24, 2.45) is 5.41 Å². The lowest BCUT2D eigenvalue weighted by molar-refractivity contribution is 0.00891. The van der Waals surface area contributed by atoms with Gasteiger partial charge < -0.3 is 14.7 Å². The van der Waals surface area contributed by atoms with Crippen molar-refractivity contribution in [1.82, 2.24) is 4.90 Å². The fraction of sp³-hybridized carbons (Fsp3) is 0.611. The zero-order valence-corrected chi connectivity index (χ0v) is 15.7. The zero-order chi connectivity index (χ0) is 17.8. The minimum absolute atomic E-state index is 0.0343. The summed E-state index contributed by atoms with van der Waals surface area (Å²) in [5, 5.41) is 11.1. The Morgan fingerprint density at radius 2 is 2.04 bits per heavy atom. The van der Waals surface area contributed by atoms with Crippen LogP contribution in [0.5, 0.6) is 0 Å². The average molecular weight is 372 g/mol. The summed E-state index contributed by atoms with van der Waals surface area (Å²) >= 11 is 12.2. The molecule has 1 heterocycles. The monoisotopic (exact) mass is 371 g/mol. The average Bonchev–Trinajstić information content (AvgIpc) is 3.18. The number of fused-ring (bicyclic) bond motifs is 1. The number of hydrogen-bond donors (Lipinski definition) is 1. The van der Waals surface area contributed by atoms with Gasteiger partial charge in [0.1, 0.15) is 5.60 Å². The Morgan fingerprint density at radius 1 is 1.33 bits per heavy atom. The molecule has 2 aliphatic rings. The van der Waals surface area contributed by atoms with Crippen LogP contribution < -0.4 is 0 Å². The molecule has 4 nitrogen and oxygen atoms in total. The van der Waals surface area contributed by atoms with Crippen molar-refractivity contribution in [2.45, 2.75) is 44.6 Å². The lowest BCUT2D eigenvalue weighted by Crippen LogP contribution is -2.48. The number of halogens is 2. The lowest BCUT2D eigenvalue weighted by Gasteiger charge is -2.38. The summed E-state index contributed by atoms with van der Waals surface area (Å²) in [5.74, 6) is 0. The Labute approximate surface area is 152 Å². The van der Waals surface area contributed by atoms with Gasteiger partial charge in [-0.05, 0) is 51.3 Å². The van der Waals surface area contributed by atoms with Crippen molar-refractivity contribution in [1.29, 1.82) is 0 Å². The third-order valence-electron chi connectivity index (χ3n) is 5.26. The highest BCUT2D eigenvalue weighted by Crippen LogP contribution is 2.68. The molecule has 132 valence electrons. The number of nitrogens with zero attached hydrogens (tertiary/aromatic N) is 1. The van der Waals surface area contributed by atoms with Crippen molar-refractivity contribution < 1.29 is 14.6 Å². The van der Waals surface area contributed by atoms with Gasteiger partial charge in [-0.25, -0.2) is 4.79 Å². The molecular formula is C18H23Cl2NO3. The number of rotatable bonds is 2. The molecule has 1 aliphatic heterocycles. The molecule has 1 saturated carbocycles. The van der Waals surface area contributed by atoms with Gasteiger partial charge in [0.25, 0.3) is 0 Å². The molecule has 1 N–H and O–H groups in total. The summed E-state index contributed by atoms with van der Waals surface area (Å²) in [5.41, 5.74) is 0.119. The quantitative estimate of drug-likeness (QED) is 0.844. The molecule has 2 fully saturated rings. The molecule has 0 unspecified atom stereocenters. The molecule has 3 rings (SSSR count). The number of carbonyl (C=O) groups excluding carboxylic acids is 1. The highest BCUT2D eigenvalue weighted by molar-refractivity contribution is 6.42. The summed E-state index contributed by atoms with van der Waals surface area (Å²) in [4.78, 5) is 14.1. The molecule has 0 radical (unpaired) electrons. The second-order valence-corrected chi connectivity index (χ2v) is 8.79. The van der Waals surface area contributed by atoms with E-state index in [1.54, 1.807) is 11.0 Å². The summed E-state index contributed by atoms with van der Waals surface area (Å²) < 4.78 is 5.47. The van der Waals surface area contributed by atoms with Crippen LogP contribution in [0.25, 0.3) is 0 Å². The van der Waals surface area contributed by atoms with Crippen molar-refractivity contribution >= 4 is 29.3 Å². The lowest BCUT2D eigenvalue weighted by atomic mass is 9.80. The third kappa shape index (κ3) is 2.89. The van der Waals surface area contributed by atoms with Crippen LogP contribution in [0.3, 0.4) is 0 Å². The Hall–Kier alpha value is -0.970. The predicted octanol–water partition coefficient (Wildman–Crippen LogP) is 4.25. The first-order chi connectivity index (χ1) is 11.1. The van der Waals surface area contributed by atoms with E-state index in [1.807, 2.05) is 32.9 Å². The van der Waals surface area contributed by atoms with E-state index in [-0.39, 0.29) is 23.5 Å². The third-order valence-corrected chi connectivity index (χ3v) is 6.00. The van der Waals surface area contributed by atoms with Crippen molar-refractivity contribution in [2.75, 3.05) is 19.7 Å². The Balaban J connectivity index is 1.81. The maximum absolute atomic E-state index is 12.4. The van der Waals surface area contributed by atoms with E-state index < -0.39 is 5.60 Å². The molecule has 0 bridgehead atoms. The van der Waals surface area contributed by atoms with Gasteiger partial charge in [0.15, 0.2) is 0 Å². The van der Waals surface area contributed by atoms with Crippen molar-refractivity contribution in [3.63, 3.8) is 0 Å². The van der Waals surface area contributed by atoms with E-state index in [2.05, 4.69) is 0 Å². The van der Waals surface area contributed by atoms with Crippen molar-refractivity contribution in [3.8, 4) is 0 Å². The van der Waals surface area contributed by atoms with Gasteiger partial charge in [-0.2, -0.15) is 0 Å². The molecule has 1 saturated heterocycles. The van der Waals surface area contributed by atoms with E-state index in [0.29, 0.717) is 23.1 Å². The second kappa shape index (κ2) is 5.79. The van der Waals surface area contributed by atoms with Gasteiger partial charge in [-0.15, -0.1) is 0 Å². The largest absolute Gasteiger partial charge is 0.444 e. The number of amides is 1. The van der Waals surface area contributed by atoms with Crippen LogP contribution in [0.15, 0.2) is 18.2 Å². The fourth-order valence-electron chi connectivity index (χ4n) is 3.95. The molecule has 24 heavy (non-hydrogen) atoms. The summed E-state index contributed by atoms with van der Waals surface area (Å²) in [6, 6.07) is 5.67. The van der Waals surface area contributed by atoms with E-state index >= 15 is 0 Å². The summed E-state index contributed by atoms with van der Waals surface area (Å²) in [6.45, 7) is 6.71. The number of aliphatic hydroxyl groups is 1. The van der Waals surface area contributed by atoms with Crippen LogP contribution in [0.4, 0.5) is 4.79 Å². The second-order valence-electron chi connectivity index (χ2n) is 7.98. The van der Waals surface area contributed by atoms with Gasteiger partial charge in [0.05, 0.1) is 16.7 Å². The van der Waals surface area contributed by atoms with Gasteiger partial charge in [-0.3, -0.25) is 0 Å². The first-order valence-electron chi connectivity index (χ1n) is 8.17. The summed E-state index contributed by atoms with van der Waals surface area (Å²) in [7, 11) is 0. The van der Waals surface area contributed by atoms with Gasteiger partial charge in [0, 0.05) is 23.9 Å². The van der Waals surface area contributed by atoms with Crippen LogP contribution in [-0.4, -0.2) is 41.4 Å². The summed E-state index contributed by atoms with van der Waals surface area (Å²) in [6.07, 6.45) is 1.31. The van der Waals surface area contributed by atoms with Crippen LogP contribution in [0, 0.1) is 5.41 Å². The topological polar surface area (TPSA) is 49.8 Å². The molecule has 1 aromatic rings. The first-order valence-corrected chi connectivity index (χ1v) is 8.92. The molecule has 1 aromatic carbocycles. The van der Waals surface area contributed by atoms with Gasteiger partial charge >= 0.3 is 6.09 Å². The minimum Gasteiger partial charge on any atom is -0.444 e. The van der Waals surface area contributed by atoms with Crippen LogP contribution >= 0.6 is 23.2 Å². The van der Waals surface area contributed by atoms with E-state index in [1.165, 1.54) is 0 Å². The van der Waals surface area contributed by atoms with Crippen molar-refractivity contribution in [3.05, 3.63) is 33.8 Å². The number of benzene rings is 1. The highest BCUT2D eigenvalue weighted by atomic mass is 35.5. The normalized spacial score (nSPS) is 29.2. The Kier molecular flexibility index (Phi) is 4.30. The molecule has 0 spiro atoms. The SMILES string of the molecule is CC(C)(C)OC(=O)N1CC[C@]2(c3ccc(Cl)c(Cl)c3)C[C@]2(CO)C1. The smallest absolute Gasteiger partial charge is 0.410 e. The molecule has 1 aliphatic carbocycles. The Bertz CT molecular complexity index is 673. The van der Waals surface area contributed by atoms with Crippen LogP contribution in [0.1, 0.15) is 39.2 Å². The minimum atomic E-state index is -0.523. The van der Waals surface area contributed by atoms with Gasteiger partial charge in [0.2, 0.25) is 0 Å². The number of hydrogen-bond acceptors (Lipinski definition) is 3.